The number of benzene rings is 3. The molecule has 3 N–H and O–H groups in total. The molecule has 9 nitrogen and oxygen atoms in total. The number of halogens is 1. The van der Waals surface area contributed by atoms with Gasteiger partial charge in [0.15, 0.2) is 0 Å². The van der Waals surface area contributed by atoms with Crippen LogP contribution < -0.4 is 10.1 Å². The molecule has 3 aromatic carbocycles. The van der Waals surface area contributed by atoms with Crippen LogP contribution in [0.5, 0.6) is 5.75 Å². The highest BCUT2D eigenvalue weighted by Gasteiger charge is 2.24. The number of furan rings is 1. The zero-order chi connectivity index (χ0) is 37.4. The van der Waals surface area contributed by atoms with Gasteiger partial charge in [-0.3, -0.25) is 14.4 Å². The number of aromatic nitrogens is 3. The predicted molar refractivity (Wildman–Crippen MR) is 211 cm³/mol. The molecule has 0 aliphatic carbocycles. The number of rotatable bonds is 12. The largest absolute Gasteiger partial charge is 0.508 e. The fourth-order valence-electron chi connectivity index (χ4n) is 7.61. The van der Waals surface area contributed by atoms with E-state index < -0.39 is 0 Å². The standard InChI is InChI=1S/C43H46ClN5O4/c1-25-19-32(20-26(2)40(25)44)52-18-10-15-35-34-13-9-14-36(39-27(3)47-48(6)28(39)4)41(34)46-42(35)43(51)45-22-33-21-37(29(5)50)38(53-33)24-49-17-16-30-11-7-8-12-31(30)23-49/h7-9,11-14,19-21,46,50H,5,10,15-18,22-24H2,1-4,6H3,(H,45,51). The van der Waals surface area contributed by atoms with Crippen molar-refractivity contribution < 1.29 is 19.1 Å². The van der Waals surface area contributed by atoms with Gasteiger partial charge < -0.3 is 24.6 Å². The molecule has 1 amide bonds. The molecule has 0 spiro atoms. The quantitative estimate of drug-likeness (QED) is 0.0856. The van der Waals surface area contributed by atoms with Crippen molar-refractivity contribution in [3.05, 3.63) is 134 Å². The highest BCUT2D eigenvalue weighted by atomic mass is 35.5. The minimum absolute atomic E-state index is 0.0590. The third-order valence-corrected chi connectivity index (χ3v) is 11.0. The first kappa shape index (κ1) is 36.1. The van der Waals surface area contributed by atoms with E-state index in [1.807, 2.05) is 50.7 Å². The lowest BCUT2D eigenvalue weighted by molar-refractivity contribution is 0.0942. The molecule has 274 valence electrons. The summed E-state index contributed by atoms with van der Waals surface area (Å²) in [5.74, 6) is 1.64. The van der Waals surface area contributed by atoms with Crippen LogP contribution in [-0.4, -0.2) is 43.8 Å². The molecule has 0 atom stereocenters. The first-order valence-electron chi connectivity index (χ1n) is 18.1. The van der Waals surface area contributed by atoms with Crippen LogP contribution in [-0.2, 0) is 39.5 Å². The molecular formula is C43H46ClN5O4. The fourth-order valence-corrected chi connectivity index (χ4v) is 7.72. The Morgan fingerprint density at radius 1 is 1.08 bits per heavy atom. The van der Waals surface area contributed by atoms with Gasteiger partial charge in [0.2, 0.25) is 0 Å². The van der Waals surface area contributed by atoms with Crippen LogP contribution in [0.4, 0.5) is 0 Å². The lowest BCUT2D eigenvalue weighted by Crippen LogP contribution is -2.30. The normalized spacial score (nSPS) is 13.0. The number of aromatic amines is 1. The van der Waals surface area contributed by atoms with E-state index in [1.54, 1.807) is 6.07 Å². The molecule has 1 aliphatic heterocycles. The van der Waals surface area contributed by atoms with Gasteiger partial charge in [0.25, 0.3) is 5.91 Å². The lowest BCUT2D eigenvalue weighted by atomic mass is 9.98. The summed E-state index contributed by atoms with van der Waals surface area (Å²) in [6.07, 6.45) is 2.25. The Labute approximate surface area is 315 Å². The number of amides is 1. The van der Waals surface area contributed by atoms with E-state index in [0.29, 0.717) is 48.8 Å². The average Bonchev–Trinajstić information content (AvgIpc) is 3.80. The number of nitrogens with zero attached hydrogens (tertiary/aromatic N) is 3. The highest BCUT2D eigenvalue weighted by Crippen LogP contribution is 2.36. The van der Waals surface area contributed by atoms with Crippen LogP contribution in [0.1, 0.15) is 73.2 Å². The van der Waals surface area contributed by atoms with E-state index in [1.165, 1.54) is 11.1 Å². The molecule has 10 heteroatoms. The monoisotopic (exact) mass is 731 g/mol. The van der Waals surface area contributed by atoms with Crippen molar-refractivity contribution in [2.75, 3.05) is 13.2 Å². The van der Waals surface area contributed by atoms with Gasteiger partial charge >= 0.3 is 0 Å². The third kappa shape index (κ3) is 7.36. The van der Waals surface area contributed by atoms with Crippen molar-refractivity contribution in [2.45, 2.75) is 66.6 Å². The Morgan fingerprint density at radius 2 is 1.83 bits per heavy atom. The van der Waals surface area contributed by atoms with Crippen molar-refractivity contribution in [3.63, 3.8) is 0 Å². The Balaban J connectivity index is 1.13. The van der Waals surface area contributed by atoms with Crippen molar-refractivity contribution in [2.24, 2.45) is 7.05 Å². The van der Waals surface area contributed by atoms with Gasteiger partial charge in [-0.05, 0) is 93.0 Å². The number of hydrogen-bond donors (Lipinski definition) is 3. The summed E-state index contributed by atoms with van der Waals surface area (Å²) in [7, 11) is 1.94. The number of aliphatic hydroxyl groups is 1. The predicted octanol–water partition coefficient (Wildman–Crippen LogP) is 9.08. The van der Waals surface area contributed by atoms with Gasteiger partial charge in [0.1, 0.15) is 28.7 Å². The second kappa shape index (κ2) is 15.0. The molecule has 53 heavy (non-hydrogen) atoms. The van der Waals surface area contributed by atoms with E-state index in [4.69, 9.17) is 20.8 Å². The Kier molecular flexibility index (Phi) is 10.2. The number of fused-ring (bicyclic) bond motifs is 2. The molecule has 0 fully saturated rings. The molecule has 0 unspecified atom stereocenters. The second-order valence-electron chi connectivity index (χ2n) is 14.1. The number of hydrogen-bond acceptors (Lipinski definition) is 6. The number of ether oxygens (including phenoxy) is 1. The number of carbonyl (C=O) groups excluding carboxylic acids is 1. The average molecular weight is 732 g/mol. The van der Waals surface area contributed by atoms with Gasteiger partial charge in [0, 0.05) is 47.4 Å². The summed E-state index contributed by atoms with van der Waals surface area (Å²) in [4.78, 5) is 19.9. The van der Waals surface area contributed by atoms with Crippen LogP contribution >= 0.6 is 11.6 Å². The molecule has 7 rings (SSSR count). The van der Waals surface area contributed by atoms with E-state index in [2.05, 4.69) is 70.2 Å². The van der Waals surface area contributed by atoms with E-state index in [9.17, 15) is 9.90 Å². The molecule has 0 saturated heterocycles. The van der Waals surface area contributed by atoms with Crippen molar-refractivity contribution in [3.8, 4) is 16.9 Å². The van der Waals surface area contributed by atoms with Gasteiger partial charge in [0.05, 0.1) is 36.5 Å². The molecule has 0 radical (unpaired) electrons. The Hall–Kier alpha value is -5.25. The summed E-state index contributed by atoms with van der Waals surface area (Å²) in [6, 6.07) is 20.3. The Morgan fingerprint density at radius 3 is 2.55 bits per heavy atom. The van der Waals surface area contributed by atoms with Crippen LogP contribution in [0.15, 0.2) is 71.7 Å². The first-order valence-corrected chi connectivity index (χ1v) is 18.5. The third-order valence-electron chi connectivity index (χ3n) is 10.4. The number of carbonyl (C=O) groups is 1. The molecule has 1 aliphatic rings. The molecular weight excluding hydrogens is 686 g/mol. The molecule has 0 saturated carbocycles. The lowest BCUT2D eigenvalue weighted by Gasteiger charge is -2.28. The van der Waals surface area contributed by atoms with Crippen LogP contribution in [0.2, 0.25) is 5.02 Å². The van der Waals surface area contributed by atoms with Crippen LogP contribution in [0.3, 0.4) is 0 Å². The van der Waals surface area contributed by atoms with Gasteiger partial charge in [-0.1, -0.05) is 60.6 Å². The van der Waals surface area contributed by atoms with Crippen molar-refractivity contribution in [1.82, 2.24) is 25.0 Å². The Bertz CT molecular complexity index is 2330. The maximum absolute atomic E-state index is 14.1. The molecule has 3 aromatic heterocycles. The van der Waals surface area contributed by atoms with Crippen LogP contribution in [0.25, 0.3) is 27.8 Å². The number of para-hydroxylation sites is 1. The number of aryl methyl sites for hydroxylation is 5. The summed E-state index contributed by atoms with van der Waals surface area (Å²) >= 11 is 6.38. The maximum Gasteiger partial charge on any atom is 0.268 e. The van der Waals surface area contributed by atoms with Gasteiger partial charge in [-0.2, -0.15) is 5.10 Å². The SMILES string of the molecule is C=C(O)c1cc(CNC(=O)c2[nH]c3c(-c4c(C)nn(C)c4C)cccc3c2CCCOc2cc(C)c(Cl)c(C)c2)oc1CN1CCc2ccccc2C1. The van der Waals surface area contributed by atoms with E-state index in [0.717, 1.165) is 80.4 Å². The summed E-state index contributed by atoms with van der Waals surface area (Å²) < 4.78 is 14.3. The van der Waals surface area contributed by atoms with Crippen LogP contribution in [0, 0.1) is 27.7 Å². The zero-order valence-electron chi connectivity index (χ0n) is 31.0. The maximum atomic E-state index is 14.1. The minimum Gasteiger partial charge on any atom is -0.508 e. The zero-order valence-corrected chi connectivity index (χ0v) is 31.8. The van der Waals surface area contributed by atoms with Crippen molar-refractivity contribution in [1.29, 1.82) is 0 Å². The van der Waals surface area contributed by atoms with E-state index in [-0.39, 0.29) is 18.2 Å². The molecule has 0 bridgehead atoms. The van der Waals surface area contributed by atoms with Gasteiger partial charge in [-0.25, -0.2) is 0 Å². The summed E-state index contributed by atoms with van der Waals surface area (Å²) in [6.45, 7) is 14.6. The van der Waals surface area contributed by atoms with E-state index >= 15 is 0 Å². The smallest absolute Gasteiger partial charge is 0.268 e. The minimum atomic E-state index is -0.249. The summed E-state index contributed by atoms with van der Waals surface area (Å²) in [5, 5.41) is 19.9. The number of nitrogens with one attached hydrogen (secondary N) is 2. The van der Waals surface area contributed by atoms with Crippen molar-refractivity contribution >= 4 is 34.2 Å². The second-order valence-corrected chi connectivity index (χ2v) is 14.5. The number of aliphatic hydroxyl groups excluding tert-OH is 1. The topological polar surface area (TPSA) is 109 Å². The highest BCUT2D eigenvalue weighted by molar-refractivity contribution is 6.32. The fraction of sp³-hybridized carbons (Fsp3) is 0.302. The number of H-pyrrole nitrogens is 1. The van der Waals surface area contributed by atoms with Gasteiger partial charge in [-0.15, -0.1) is 0 Å². The summed E-state index contributed by atoms with van der Waals surface area (Å²) in [5.41, 5.74) is 11.5. The first-order chi connectivity index (χ1) is 25.5. The molecule has 4 heterocycles. The molecule has 6 aromatic rings.